The zero-order valence-electron chi connectivity index (χ0n) is 11.2. The lowest BCUT2D eigenvalue weighted by atomic mass is 10.2. The minimum atomic E-state index is -3.54. The molecule has 4 nitrogen and oxygen atoms in total. The summed E-state index contributed by atoms with van der Waals surface area (Å²) in [5, 5.41) is 0.361. The fourth-order valence-corrected chi connectivity index (χ4v) is 5.33. The molecule has 2 atom stereocenters. The van der Waals surface area contributed by atoms with Crippen LogP contribution in [0, 0.1) is 6.92 Å². The molecule has 0 heterocycles. The zero-order valence-corrected chi connectivity index (χ0v) is 12.9. The van der Waals surface area contributed by atoms with Crippen LogP contribution in [0.2, 0.25) is 0 Å². The Morgan fingerprint density at radius 1 is 1.37 bits per heavy atom. The summed E-state index contributed by atoms with van der Waals surface area (Å²) >= 11 is 1.73. The molecule has 1 aliphatic carbocycles. The van der Waals surface area contributed by atoms with E-state index in [2.05, 4.69) is 4.72 Å². The highest BCUT2D eigenvalue weighted by Crippen LogP contribution is 2.30. The Balaban J connectivity index is 2.28. The Bertz CT molecular complexity index is 538. The molecule has 2 unspecified atom stereocenters. The second-order valence-corrected chi connectivity index (χ2v) is 7.65. The molecule has 3 N–H and O–H groups in total. The smallest absolute Gasteiger partial charge is 0.243 e. The molecule has 6 heteroatoms. The maximum absolute atomic E-state index is 12.5. The van der Waals surface area contributed by atoms with Crippen molar-refractivity contribution >= 4 is 27.5 Å². The molecule has 1 aliphatic rings. The summed E-state index contributed by atoms with van der Waals surface area (Å²) < 4.78 is 27.8. The Kier molecular flexibility index (Phi) is 4.43. The number of rotatable bonds is 4. The Labute approximate surface area is 119 Å². The van der Waals surface area contributed by atoms with E-state index >= 15 is 0 Å². The summed E-state index contributed by atoms with van der Waals surface area (Å²) in [5.41, 5.74) is 6.82. The first kappa shape index (κ1) is 14.7. The van der Waals surface area contributed by atoms with E-state index in [1.807, 2.05) is 6.26 Å². The molecule has 1 fully saturated rings. The van der Waals surface area contributed by atoms with E-state index in [1.165, 1.54) is 0 Å². The van der Waals surface area contributed by atoms with Gasteiger partial charge in [-0.25, -0.2) is 13.1 Å². The van der Waals surface area contributed by atoms with Crippen LogP contribution in [0.4, 0.5) is 5.69 Å². The number of nitrogens with one attached hydrogen (secondary N) is 1. The van der Waals surface area contributed by atoms with Crippen molar-refractivity contribution in [2.75, 3.05) is 12.0 Å². The number of hydrogen-bond donors (Lipinski definition) is 2. The number of sulfonamides is 1. The van der Waals surface area contributed by atoms with Crippen LogP contribution in [0.1, 0.15) is 24.8 Å². The lowest BCUT2D eigenvalue weighted by Gasteiger charge is -2.20. The molecule has 19 heavy (non-hydrogen) atoms. The fourth-order valence-electron chi connectivity index (χ4n) is 2.64. The summed E-state index contributed by atoms with van der Waals surface area (Å²) in [6, 6.07) is 5.18. The van der Waals surface area contributed by atoms with Crippen molar-refractivity contribution in [2.24, 2.45) is 0 Å². The Morgan fingerprint density at radius 3 is 2.74 bits per heavy atom. The summed E-state index contributed by atoms with van der Waals surface area (Å²) in [7, 11) is -3.54. The summed E-state index contributed by atoms with van der Waals surface area (Å²) in [5.74, 6) is 0. The molecule has 0 radical (unpaired) electrons. The molecule has 106 valence electrons. The van der Waals surface area contributed by atoms with Gasteiger partial charge in [-0.05, 0) is 37.7 Å². The molecule has 0 saturated heterocycles. The third-order valence-corrected chi connectivity index (χ3v) is 6.45. The highest BCUT2D eigenvalue weighted by molar-refractivity contribution is 7.99. The van der Waals surface area contributed by atoms with Crippen LogP contribution in [0.15, 0.2) is 23.1 Å². The molecule has 0 amide bonds. The van der Waals surface area contributed by atoms with Gasteiger partial charge in [-0.3, -0.25) is 0 Å². The summed E-state index contributed by atoms with van der Waals surface area (Å²) in [6.07, 6.45) is 5.06. The van der Waals surface area contributed by atoms with Crippen molar-refractivity contribution in [3.05, 3.63) is 23.8 Å². The number of hydrogen-bond acceptors (Lipinski definition) is 4. The maximum atomic E-state index is 12.5. The monoisotopic (exact) mass is 300 g/mol. The van der Waals surface area contributed by atoms with Crippen LogP contribution in [-0.2, 0) is 10.0 Å². The second-order valence-electron chi connectivity index (χ2n) is 4.93. The van der Waals surface area contributed by atoms with Crippen molar-refractivity contribution in [1.82, 2.24) is 4.72 Å². The van der Waals surface area contributed by atoms with E-state index < -0.39 is 10.0 Å². The first-order chi connectivity index (χ1) is 8.95. The number of aryl methyl sites for hydroxylation is 1. The SMILES string of the molecule is CSC1CCCC1NS(=O)(=O)c1c(C)cccc1N. The first-order valence-corrected chi connectivity index (χ1v) is 9.13. The van der Waals surface area contributed by atoms with Crippen LogP contribution >= 0.6 is 11.8 Å². The van der Waals surface area contributed by atoms with Gasteiger partial charge in [0.1, 0.15) is 4.90 Å². The van der Waals surface area contributed by atoms with Crippen LogP contribution in [-0.4, -0.2) is 26.0 Å². The highest BCUT2D eigenvalue weighted by Gasteiger charge is 2.31. The molecular weight excluding hydrogens is 280 g/mol. The standard InChI is InChI=1S/C13H20N2O2S2/c1-9-5-3-6-10(14)13(9)19(16,17)15-11-7-4-8-12(11)18-2/h3,5-6,11-12,15H,4,7-8,14H2,1-2H3. The Hall–Kier alpha value is -0.720. The lowest BCUT2D eigenvalue weighted by molar-refractivity contribution is 0.555. The van der Waals surface area contributed by atoms with Gasteiger partial charge < -0.3 is 5.73 Å². The first-order valence-electron chi connectivity index (χ1n) is 6.36. The van der Waals surface area contributed by atoms with Gasteiger partial charge in [0.05, 0.1) is 5.69 Å². The predicted molar refractivity (Wildman–Crippen MR) is 80.9 cm³/mol. The summed E-state index contributed by atoms with van der Waals surface area (Å²) in [6.45, 7) is 1.77. The second kappa shape index (κ2) is 5.73. The highest BCUT2D eigenvalue weighted by atomic mass is 32.2. The van der Waals surface area contributed by atoms with Crippen molar-refractivity contribution in [2.45, 2.75) is 42.4 Å². The molecule has 0 bridgehead atoms. The average Bonchev–Trinajstić information content (AvgIpc) is 2.74. The van der Waals surface area contributed by atoms with Crippen molar-refractivity contribution < 1.29 is 8.42 Å². The van der Waals surface area contributed by atoms with Crippen LogP contribution in [0.25, 0.3) is 0 Å². The van der Waals surface area contributed by atoms with Gasteiger partial charge in [0, 0.05) is 11.3 Å². The largest absolute Gasteiger partial charge is 0.398 e. The number of nitrogen functional groups attached to an aromatic ring is 1. The zero-order chi connectivity index (χ0) is 14.0. The van der Waals surface area contributed by atoms with Crippen LogP contribution in [0.3, 0.4) is 0 Å². The Morgan fingerprint density at radius 2 is 2.11 bits per heavy atom. The lowest BCUT2D eigenvalue weighted by Crippen LogP contribution is -2.39. The number of anilines is 1. The van der Waals surface area contributed by atoms with Gasteiger partial charge >= 0.3 is 0 Å². The quantitative estimate of drug-likeness (QED) is 0.836. The minimum Gasteiger partial charge on any atom is -0.398 e. The molecule has 2 rings (SSSR count). The van der Waals surface area contributed by atoms with Gasteiger partial charge in [0.15, 0.2) is 0 Å². The van der Waals surface area contributed by atoms with Crippen molar-refractivity contribution in [1.29, 1.82) is 0 Å². The fraction of sp³-hybridized carbons (Fsp3) is 0.538. The van der Waals surface area contributed by atoms with Gasteiger partial charge in [0.2, 0.25) is 10.0 Å². The molecule has 1 aromatic rings. The normalized spacial score (nSPS) is 23.7. The maximum Gasteiger partial charge on any atom is 0.243 e. The number of nitrogens with two attached hydrogens (primary N) is 1. The molecule has 1 saturated carbocycles. The third-order valence-electron chi connectivity index (χ3n) is 3.57. The molecular formula is C13H20N2O2S2. The van der Waals surface area contributed by atoms with E-state index in [1.54, 1.807) is 36.9 Å². The van der Waals surface area contributed by atoms with Gasteiger partial charge in [-0.15, -0.1) is 0 Å². The van der Waals surface area contributed by atoms with E-state index in [0.717, 1.165) is 19.3 Å². The molecule has 0 spiro atoms. The van der Waals surface area contributed by atoms with E-state index in [0.29, 0.717) is 16.5 Å². The van der Waals surface area contributed by atoms with Gasteiger partial charge in [0.25, 0.3) is 0 Å². The summed E-state index contributed by atoms with van der Waals surface area (Å²) in [4.78, 5) is 0.224. The third kappa shape index (κ3) is 3.07. The van der Waals surface area contributed by atoms with E-state index in [-0.39, 0.29) is 10.9 Å². The average molecular weight is 300 g/mol. The topological polar surface area (TPSA) is 72.2 Å². The van der Waals surface area contributed by atoms with E-state index in [4.69, 9.17) is 5.73 Å². The number of thioether (sulfide) groups is 1. The van der Waals surface area contributed by atoms with Gasteiger partial charge in [-0.1, -0.05) is 18.6 Å². The predicted octanol–water partition coefficient (Wildman–Crippen LogP) is 2.14. The number of benzene rings is 1. The van der Waals surface area contributed by atoms with Crippen LogP contribution in [0.5, 0.6) is 0 Å². The van der Waals surface area contributed by atoms with Crippen molar-refractivity contribution in [3.63, 3.8) is 0 Å². The van der Waals surface area contributed by atoms with E-state index in [9.17, 15) is 8.42 Å². The minimum absolute atomic E-state index is 0.0130. The van der Waals surface area contributed by atoms with Crippen LogP contribution < -0.4 is 10.5 Å². The molecule has 1 aromatic carbocycles. The molecule has 0 aliphatic heterocycles. The van der Waals surface area contributed by atoms with Crippen molar-refractivity contribution in [3.8, 4) is 0 Å². The molecule has 0 aromatic heterocycles. The van der Waals surface area contributed by atoms with Gasteiger partial charge in [-0.2, -0.15) is 11.8 Å².